The number of carbonyl (C=O) groups excluding carboxylic acids is 1. The molecule has 0 spiro atoms. The van der Waals surface area contributed by atoms with Gasteiger partial charge in [-0.25, -0.2) is 4.39 Å². The van der Waals surface area contributed by atoms with Crippen molar-refractivity contribution in [3.05, 3.63) is 82.1 Å². The van der Waals surface area contributed by atoms with E-state index in [4.69, 9.17) is 11.6 Å². The van der Waals surface area contributed by atoms with E-state index in [-0.39, 0.29) is 16.4 Å². The lowest BCUT2D eigenvalue weighted by Gasteiger charge is -2.10. The molecule has 0 aliphatic rings. The van der Waals surface area contributed by atoms with Gasteiger partial charge in [-0.15, -0.1) is 0 Å². The Morgan fingerprint density at radius 2 is 1.81 bits per heavy atom. The highest BCUT2D eigenvalue weighted by Gasteiger charge is 2.18. The quantitative estimate of drug-likeness (QED) is 0.596. The summed E-state index contributed by atoms with van der Waals surface area (Å²) in [6.45, 7) is 1.85. The standard InChI is InChI=1S/C18H12ClFO/c1-11-6-7-12-4-2-3-5-14(12)17(11)18(21)15-9-8-13(19)10-16(15)20/h2-10H,1H3. The number of rotatable bonds is 2. The first-order chi connectivity index (χ1) is 10.1. The van der Waals surface area contributed by atoms with Crippen molar-refractivity contribution in [3.63, 3.8) is 0 Å². The van der Waals surface area contributed by atoms with Crippen molar-refractivity contribution in [3.8, 4) is 0 Å². The molecule has 21 heavy (non-hydrogen) atoms. The second kappa shape index (κ2) is 5.30. The predicted octanol–water partition coefficient (Wildman–Crippen LogP) is 5.17. The summed E-state index contributed by atoms with van der Waals surface area (Å²) in [6.07, 6.45) is 0. The third-order valence-electron chi connectivity index (χ3n) is 3.54. The second-order valence-electron chi connectivity index (χ2n) is 4.93. The average Bonchev–Trinajstić information content (AvgIpc) is 2.46. The largest absolute Gasteiger partial charge is 0.288 e. The van der Waals surface area contributed by atoms with E-state index in [1.54, 1.807) is 0 Å². The van der Waals surface area contributed by atoms with Crippen molar-refractivity contribution >= 4 is 28.2 Å². The maximum absolute atomic E-state index is 14.0. The van der Waals surface area contributed by atoms with Crippen LogP contribution in [0.5, 0.6) is 0 Å². The fourth-order valence-corrected chi connectivity index (χ4v) is 2.65. The Morgan fingerprint density at radius 3 is 2.57 bits per heavy atom. The lowest BCUT2D eigenvalue weighted by molar-refractivity contribution is 0.103. The average molecular weight is 299 g/mol. The molecule has 0 aliphatic heterocycles. The summed E-state index contributed by atoms with van der Waals surface area (Å²) in [4.78, 5) is 12.7. The summed E-state index contributed by atoms with van der Waals surface area (Å²) >= 11 is 5.74. The minimum absolute atomic E-state index is 0.0406. The molecule has 0 amide bonds. The van der Waals surface area contributed by atoms with Crippen LogP contribution in [-0.4, -0.2) is 5.78 Å². The summed E-state index contributed by atoms with van der Waals surface area (Å²) in [5.74, 6) is -0.918. The lowest BCUT2D eigenvalue weighted by Crippen LogP contribution is -2.07. The summed E-state index contributed by atoms with van der Waals surface area (Å²) in [7, 11) is 0. The Bertz CT molecular complexity index is 855. The highest BCUT2D eigenvalue weighted by Crippen LogP contribution is 2.26. The molecular formula is C18H12ClFO. The van der Waals surface area contributed by atoms with Gasteiger partial charge in [-0.1, -0.05) is 48.0 Å². The van der Waals surface area contributed by atoms with Crippen LogP contribution >= 0.6 is 11.6 Å². The SMILES string of the molecule is Cc1ccc2ccccc2c1C(=O)c1ccc(Cl)cc1F. The van der Waals surface area contributed by atoms with Crippen molar-refractivity contribution < 1.29 is 9.18 Å². The first-order valence-corrected chi connectivity index (χ1v) is 6.94. The van der Waals surface area contributed by atoms with E-state index in [9.17, 15) is 9.18 Å². The normalized spacial score (nSPS) is 10.8. The van der Waals surface area contributed by atoms with Gasteiger partial charge in [0, 0.05) is 10.6 Å². The Hall–Kier alpha value is -2.19. The van der Waals surface area contributed by atoms with Crippen LogP contribution in [0.4, 0.5) is 4.39 Å². The minimum Gasteiger partial charge on any atom is -0.288 e. The van der Waals surface area contributed by atoms with E-state index in [0.717, 1.165) is 22.4 Å². The van der Waals surface area contributed by atoms with Gasteiger partial charge < -0.3 is 0 Å². The Morgan fingerprint density at radius 1 is 1.05 bits per heavy atom. The molecule has 0 N–H and O–H groups in total. The number of fused-ring (bicyclic) bond motifs is 1. The molecule has 3 rings (SSSR count). The number of carbonyl (C=O) groups is 1. The molecule has 0 saturated heterocycles. The summed E-state index contributed by atoms with van der Waals surface area (Å²) in [5, 5.41) is 2.07. The zero-order chi connectivity index (χ0) is 15.0. The van der Waals surface area contributed by atoms with Gasteiger partial charge in [0.05, 0.1) is 5.56 Å². The van der Waals surface area contributed by atoms with Crippen molar-refractivity contribution in [2.75, 3.05) is 0 Å². The molecular weight excluding hydrogens is 287 g/mol. The Labute approximate surface area is 127 Å². The molecule has 0 aliphatic carbocycles. The van der Waals surface area contributed by atoms with Crippen LogP contribution in [0.2, 0.25) is 5.02 Å². The Balaban J connectivity index is 2.24. The van der Waals surface area contributed by atoms with Gasteiger partial charge in [0.2, 0.25) is 0 Å². The highest BCUT2D eigenvalue weighted by atomic mass is 35.5. The second-order valence-corrected chi connectivity index (χ2v) is 5.37. The smallest absolute Gasteiger partial charge is 0.196 e. The van der Waals surface area contributed by atoms with Gasteiger partial charge in [0.15, 0.2) is 5.78 Å². The van der Waals surface area contributed by atoms with Gasteiger partial charge in [-0.05, 0) is 41.5 Å². The molecule has 0 unspecified atom stereocenters. The van der Waals surface area contributed by atoms with Crippen molar-refractivity contribution in [1.82, 2.24) is 0 Å². The minimum atomic E-state index is -0.597. The fourth-order valence-electron chi connectivity index (χ4n) is 2.49. The molecule has 3 aromatic carbocycles. The van der Waals surface area contributed by atoms with E-state index in [1.807, 2.05) is 43.3 Å². The van der Waals surface area contributed by atoms with Gasteiger partial charge in [0.1, 0.15) is 5.82 Å². The van der Waals surface area contributed by atoms with E-state index < -0.39 is 5.82 Å². The third kappa shape index (κ3) is 2.43. The van der Waals surface area contributed by atoms with E-state index in [1.165, 1.54) is 12.1 Å². The van der Waals surface area contributed by atoms with E-state index in [2.05, 4.69) is 0 Å². The lowest BCUT2D eigenvalue weighted by atomic mass is 9.93. The molecule has 0 saturated carbocycles. The molecule has 0 bridgehead atoms. The first kappa shape index (κ1) is 13.8. The monoisotopic (exact) mass is 298 g/mol. The van der Waals surface area contributed by atoms with Crippen molar-refractivity contribution in [1.29, 1.82) is 0 Å². The fraction of sp³-hybridized carbons (Fsp3) is 0.0556. The molecule has 0 heterocycles. The van der Waals surface area contributed by atoms with Crippen LogP contribution in [0.3, 0.4) is 0 Å². The van der Waals surface area contributed by atoms with Crippen molar-refractivity contribution in [2.45, 2.75) is 6.92 Å². The molecule has 3 heteroatoms. The number of aryl methyl sites for hydroxylation is 1. The van der Waals surface area contributed by atoms with Gasteiger partial charge in [0.25, 0.3) is 0 Å². The zero-order valence-electron chi connectivity index (χ0n) is 11.4. The molecule has 0 atom stereocenters. The topological polar surface area (TPSA) is 17.1 Å². The number of benzene rings is 3. The summed E-state index contributed by atoms with van der Waals surface area (Å²) < 4.78 is 14.0. The maximum atomic E-state index is 14.0. The first-order valence-electron chi connectivity index (χ1n) is 6.56. The van der Waals surface area contributed by atoms with Gasteiger partial charge >= 0.3 is 0 Å². The highest BCUT2D eigenvalue weighted by molar-refractivity contribution is 6.30. The van der Waals surface area contributed by atoms with Crippen LogP contribution in [0.25, 0.3) is 10.8 Å². The number of halogens is 2. The molecule has 0 aromatic heterocycles. The molecule has 0 radical (unpaired) electrons. The number of ketones is 1. The maximum Gasteiger partial charge on any atom is 0.196 e. The van der Waals surface area contributed by atoms with E-state index in [0.29, 0.717) is 5.56 Å². The predicted molar refractivity (Wildman–Crippen MR) is 83.5 cm³/mol. The number of hydrogen-bond donors (Lipinski definition) is 0. The van der Waals surface area contributed by atoms with Crippen molar-refractivity contribution in [2.24, 2.45) is 0 Å². The van der Waals surface area contributed by atoms with Crippen LogP contribution < -0.4 is 0 Å². The number of hydrogen-bond acceptors (Lipinski definition) is 1. The summed E-state index contributed by atoms with van der Waals surface area (Å²) in [5.41, 5.74) is 1.40. The Kier molecular flexibility index (Phi) is 3.48. The van der Waals surface area contributed by atoms with Crippen LogP contribution in [0.1, 0.15) is 21.5 Å². The summed E-state index contributed by atoms with van der Waals surface area (Å²) in [6, 6.07) is 15.6. The van der Waals surface area contributed by atoms with E-state index >= 15 is 0 Å². The van der Waals surface area contributed by atoms with Gasteiger partial charge in [-0.3, -0.25) is 4.79 Å². The zero-order valence-corrected chi connectivity index (χ0v) is 12.1. The third-order valence-corrected chi connectivity index (χ3v) is 3.78. The molecule has 104 valence electrons. The molecule has 0 fully saturated rings. The molecule has 1 nitrogen and oxygen atoms in total. The molecule has 3 aromatic rings. The van der Waals surface area contributed by atoms with Crippen LogP contribution in [0.15, 0.2) is 54.6 Å². The van der Waals surface area contributed by atoms with Crippen LogP contribution in [0, 0.1) is 12.7 Å². The van der Waals surface area contributed by atoms with Gasteiger partial charge in [-0.2, -0.15) is 0 Å². The van der Waals surface area contributed by atoms with Crippen LogP contribution in [-0.2, 0) is 0 Å².